The number of nitrogens with zero attached hydrogens (tertiary/aromatic N) is 2. The number of nitriles is 1. The molecule has 0 aliphatic carbocycles. The monoisotopic (exact) mass is 323 g/mol. The van der Waals surface area contributed by atoms with Crippen LogP contribution in [0.4, 0.5) is 5.69 Å². The van der Waals surface area contributed by atoms with Gasteiger partial charge in [-0.3, -0.25) is 0 Å². The van der Waals surface area contributed by atoms with Crippen molar-refractivity contribution in [3.05, 3.63) is 28.2 Å². The SMILES string of the molecule is CC(C)CN(CCC#N)c1ccc([C@@H](C)N)cc1Br. The van der Waals surface area contributed by atoms with Crippen LogP contribution in [0.2, 0.25) is 0 Å². The molecule has 4 heteroatoms. The predicted octanol–water partition coefficient (Wildman–Crippen LogP) is 3.84. The summed E-state index contributed by atoms with van der Waals surface area (Å²) in [6.07, 6.45) is 0.536. The number of hydrogen-bond donors (Lipinski definition) is 1. The first-order chi connectivity index (χ1) is 8.95. The molecular weight excluding hydrogens is 302 g/mol. The van der Waals surface area contributed by atoms with Crippen LogP contribution in [0.1, 0.15) is 38.8 Å². The maximum atomic E-state index is 8.78. The van der Waals surface area contributed by atoms with Gasteiger partial charge in [-0.25, -0.2) is 0 Å². The molecule has 0 fully saturated rings. The second-order valence-electron chi connectivity index (χ2n) is 5.25. The van der Waals surface area contributed by atoms with Crippen molar-refractivity contribution in [2.45, 2.75) is 33.2 Å². The number of benzene rings is 1. The summed E-state index contributed by atoms with van der Waals surface area (Å²) in [6.45, 7) is 8.04. The standard InChI is InChI=1S/C15H22BrN3/c1-11(2)10-19(8-4-7-17)15-6-5-13(12(3)18)9-14(15)16/h5-6,9,11-12H,4,8,10,18H2,1-3H3/t12-/m1/s1. The minimum atomic E-state index is 0.0306. The molecule has 1 atom stereocenters. The summed E-state index contributed by atoms with van der Waals surface area (Å²) in [6, 6.07) is 8.46. The molecule has 104 valence electrons. The van der Waals surface area contributed by atoms with Crippen molar-refractivity contribution in [2.24, 2.45) is 11.7 Å². The fraction of sp³-hybridized carbons (Fsp3) is 0.533. The van der Waals surface area contributed by atoms with Crippen LogP contribution >= 0.6 is 15.9 Å². The van der Waals surface area contributed by atoms with Crippen molar-refractivity contribution in [3.63, 3.8) is 0 Å². The molecule has 0 aliphatic rings. The lowest BCUT2D eigenvalue weighted by Gasteiger charge is -2.27. The van der Waals surface area contributed by atoms with E-state index in [0.29, 0.717) is 12.3 Å². The second-order valence-corrected chi connectivity index (χ2v) is 6.10. The normalized spacial score (nSPS) is 12.3. The molecular formula is C15H22BrN3. The maximum absolute atomic E-state index is 8.78. The average molecular weight is 324 g/mol. The average Bonchev–Trinajstić information content (AvgIpc) is 2.34. The third-order valence-corrected chi connectivity index (χ3v) is 3.55. The Balaban J connectivity index is 2.98. The molecule has 1 aromatic carbocycles. The van der Waals surface area contributed by atoms with Gasteiger partial charge in [-0.1, -0.05) is 19.9 Å². The molecule has 0 spiro atoms. The molecule has 2 N–H and O–H groups in total. The predicted molar refractivity (Wildman–Crippen MR) is 84.0 cm³/mol. The molecule has 0 amide bonds. The van der Waals surface area contributed by atoms with E-state index in [9.17, 15) is 0 Å². The van der Waals surface area contributed by atoms with E-state index in [-0.39, 0.29) is 6.04 Å². The summed E-state index contributed by atoms with van der Waals surface area (Å²) < 4.78 is 1.04. The highest BCUT2D eigenvalue weighted by Crippen LogP contribution is 2.29. The Kier molecular flexibility index (Phi) is 6.33. The van der Waals surface area contributed by atoms with Crippen LogP contribution in [0.5, 0.6) is 0 Å². The molecule has 0 saturated heterocycles. The summed E-state index contributed by atoms with van der Waals surface area (Å²) in [5, 5.41) is 8.78. The van der Waals surface area contributed by atoms with Crippen molar-refractivity contribution in [1.29, 1.82) is 5.26 Å². The Morgan fingerprint density at radius 3 is 2.53 bits per heavy atom. The Bertz CT molecular complexity index is 449. The summed E-state index contributed by atoms with van der Waals surface area (Å²) in [5.41, 5.74) is 8.14. The second kappa shape index (κ2) is 7.52. The molecule has 0 aliphatic heterocycles. The summed E-state index contributed by atoms with van der Waals surface area (Å²) in [4.78, 5) is 2.25. The van der Waals surface area contributed by atoms with E-state index in [1.807, 2.05) is 6.92 Å². The minimum absolute atomic E-state index is 0.0306. The Hall–Kier alpha value is -1.05. The summed E-state index contributed by atoms with van der Waals surface area (Å²) in [5.74, 6) is 0.554. The highest BCUT2D eigenvalue weighted by Gasteiger charge is 2.13. The van der Waals surface area contributed by atoms with E-state index in [1.165, 1.54) is 0 Å². The summed E-state index contributed by atoms with van der Waals surface area (Å²) in [7, 11) is 0. The third-order valence-electron chi connectivity index (χ3n) is 2.92. The highest BCUT2D eigenvalue weighted by atomic mass is 79.9. The van der Waals surface area contributed by atoms with Crippen LogP contribution in [-0.2, 0) is 0 Å². The summed E-state index contributed by atoms with van der Waals surface area (Å²) >= 11 is 3.62. The number of halogens is 1. The van der Waals surface area contributed by atoms with E-state index < -0.39 is 0 Å². The van der Waals surface area contributed by atoms with Gasteiger partial charge in [0.05, 0.1) is 18.2 Å². The zero-order valence-corrected chi connectivity index (χ0v) is 13.4. The van der Waals surface area contributed by atoms with Gasteiger partial charge >= 0.3 is 0 Å². The number of anilines is 1. The maximum Gasteiger partial charge on any atom is 0.0640 e. The van der Waals surface area contributed by atoms with Crippen molar-refractivity contribution in [3.8, 4) is 6.07 Å². The van der Waals surface area contributed by atoms with Gasteiger partial charge in [-0.15, -0.1) is 0 Å². The molecule has 1 aromatic rings. The van der Waals surface area contributed by atoms with Crippen molar-refractivity contribution in [1.82, 2.24) is 0 Å². The van der Waals surface area contributed by atoms with Gasteiger partial charge in [0.15, 0.2) is 0 Å². The lowest BCUT2D eigenvalue weighted by atomic mass is 10.1. The van der Waals surface area contributed by atoms with Crippen molar-refractivity contribution < 1.29 is 0 Å². The zero-order chi connectivity index (χ0) is 14.4. The van der Waals surface area contributed by atoms with Gasteiger partial charge in [-0.05, 0) is 46.5 Å². The van der Waals surface area contributed by atoms with Gasteiger partial charge in [0.2, 0.25) is 0 Å². The molecule has 0 heterocycles. The molecule has 0 aromatic heterocycles. The fourth-order valence-corrected chi connectivity index (χ4v) is 2.65. The minimum Gasteiger partial charge on any atom is -0.369 e. The Morgan fingerprint density at radius 2 is 2.05 bits per heavy atom. The first-order valence-electron chi connectivity index (χ1n) is 6.62. The molecule has 1 rings (SSSR count). The number of rotatable bonds is 6. The highest BCUT2D eigenvalue weighted by molar-refractivity contribution is 9.10. The van der Waals surface area contributed by atoms with E-state index >= 15 is 0 Å². The molecule has 0 saturated carbocycles. The smallest absolute Gasteiger partial charge is 0.0640 e. The first-order valence-corrected chi connectivity index (χ1v) is 7.42. The van der Waals surface area contributed by atoms with E-state index in [2.05, 4.69) is 58.9 Å². The quantitative estimate of drug-likeness (QED) is 0.865. The topological polar surface area (TPSA) is 53.0 Å². The first kappa shape index (κ1) is 16.0. The van der Waals surface area contributed by atoms with Crippen LogP contribution < -0.4 is 10.6 Å². The lowest BCUT2D eigenvalue weighted by molar-refractivity contribution is 0.611. The zero-order valence-electron chi connectivity index (χ0n) is 11.9. The van der Waals surface area contributed by atoms with Crippen LogP contribution in [0.3, 0.4) is 0 Å². The number of nitrogens with two attached hydrogens (primary N) is 1. The lowest BCUT2D eigenvalue weighted by Crippen LogP contribution is -2.29. The van der Waals surface area contributed by atoms with Crippen LogP contribution in [0, 0.1) is 17.2 Å². The van der Waals surface area contributed by atoms with Crippen LogP contribution in [-0.4, -0.2) is 13.1 Å². The van der Waals surface area contributed by atoms with Gasteiger partial charge in [0.1, 0.15) is 0 Å². The van der Waals surface area contributed by atoms with Crippen molar-refractivity contribution in [2.75, 3.05) is 18.0 Å². The fourth-order valence-electron chi connectivity index (χ4n) is 2.00. The van der Waals surface area contributed by atoms with Gasteiger partial charge in [0, 0.05) is 23.6 Å². The van der Waals surface area contributed by atoms with Crippen LogP contribution in [0.15, 0.2) is 22.7 Å². The van der Waals surface area contributed by atoms with Crippen molar-refractivity contribution >= 4 is 21.6 Å². The van der Waals surface area contributed by atoms with E-state index in [0.717, 1.165) is 28.8 Å². The molecule has 0 bridgehead atoms. The number of hydrogen-bond acceptors (Lipinski definition) is 3. The molecule has 3 nitrogen and oxygen atoms in total. The van der Waals surface area contributed by atoms with E-state index in [1.54, 1.807) is 0 Å². The molecule has 0 unspecified atom stereocenters. The van der Waals surface area contributed by atoms with E-state index in [4.69, 9.17) is 11.0 Å². The molecule has 0 radical (unpaired) electrons. The van der Waals surface area contributed by atoms with Gasteiger partial charge < -0.3 is 10.6 Å². The molecule has 19 heavy (non-hydrogen) atoms. The van der Waals surface area contributed by atoms with Gasteiger partial charge in [0.25, 0.3) is 0 Å². The van der Waals surface area contributed by atoms with Gasteiger partial charge in [-0.2, -0.15) is 5.26 Å². The Morgan fingerprint density at radius 1 is 1.37 bits per heavy atom. The largest absolute Gasteiger partial charge is 0.369 e. The van der Waals surface area contributed by atoms with Crippen LogP contribution in [0.25, 0.3) is 0 Å². The third kappa shape index (κ3) is 4.85. The Labute approximate surface area is 124 Å².